The lowest BCUT2D eigenvalue weighted by Gasteiger charge is -2.05. The SMILES string of the molecule is Oc1cccn2nc(Cl)c(Nc3ccccc3)c12. The number of nitrogens with one attached hydrogen (secondary N) is 1. The van der Waals surface area contributed by atoms with Crippen LogP contribution < -0.4 is 5.32 Å². The molecule has 0 atom stereocenters. The summed E-state index contributed by atoms with van der Waals surface area (Å²) in [6, 6.07) is 12.9. The summed E-state index contributed by atoms with van der Waals surface area (Å²) in [4.78, 5) is 0. The summed E-state index contributed by atoms with van der Waals surface area (Å²) >= 11 is 6.08. The van der Waals surface area contributed by atoms with E-state index in [2.05, 4.69) is 10.4 Å². The lowest BCUT2D eigenvalue weighted by Crippen LogP contribution is -1.90. The predicted molar refractivity (Wildman–Crippen MR) is 71.6 cm³/mol. The first-order chi connectivity index (χ1) is 8.75. The molecular formula is C13H10ClN3O. The summed E-state index contributed by atoms with van der Waals surface area (Å²) in [5, 5.41) is 17.5. The van der Waals surface area contributed by atoms with Crippen LogP contribution in [0.5, 0.6) is 5.75 Å². The van der Waals surface area contributed by atoms with Gasteiger partial charge in [0.1, 0.15) is 17.0 Å². The number of hydrogen-bond donors (Lipinski definition) is 2. The van der Waals surface area contributed by atoms with Gasteiger partial charge < -0.3 is 10.4 Å². The van der Waals surface area contributed by atoms with E-state index in [1.807, 2.05) is 30.3 Å². The van der Waals surface area contributed by atoms with Crippen LogP contribution in [0.15, 0.2) is 48.7 Å². The van der Waals surface area contributed by atoms with Crippen LogP contribution in [0.3, 0.4) is 0 Å². The molecule has 0 spiro atoms. The van der Waals surface area contributed by atoms with Gasteiger partial charge in [0.25, 0.3) is 0 Å². The molecule has 1 aromatic carbocycles. The summed E-state index contributed by atoms with van der Waals surface area (Å²) in [6.45, 7) is 0. The Kier molecular flexibility index (Phi) is 2.57. The number of aromatic hydroxyl groups is 1. The van der Waals surface area contributed by atoms with E-state index < -0.39 is 0 Å². The molecule has 2 N–H and O–H groups in total. The van der Waals surface area contributed by atoms with Gasteiger partial charge in [0.15, 0.2) is 5.15 Å². The zero-order chi connectivity index (χ0) is 12.5. The van der Waals surface area contributed by atoms with Crippen molar-refractivity contribution in [2.24, 2.45) is 0 Å². The number of benzene rings is 1. The Hall–Kier alpha value is -2.20. The van der Waals surface area contributed by atoms with Gasteiger partial charge in [-0.1, -0.05) is 29.8 Å². The first-order valence-electron chi connectivity index (χ1n) is 5.43. The van der Waals surface area contributed by atoms with E-state index in [-0.39, 0.29) is 5.75 Å². The summed E-state index contributed by atoms with van der Waals surface area (Å²) < 4.78 is 1.54. The third-order valence-corrected chi connectivity index (χ3v) is 2.90. The monoisotopic (exact) mass is 259 g/mol. The molecule has 2 aromatic heterocycles. The van der Waals surface area contributed by atoms with Crippen LogP contribution in [-0.4, -0.2) is 14.7 Å². The molecule has 18 heavy (non-hydrogen) atoms. The molecule has 2 heterocycles. The fourth-order valence-electron chi connectivity index (χ4n) is 1.83. The maximum absolute atomic E-state index is 9.88. The van der Waals surface area contributed by atoms with E-state index in [0.717, 1.165) is 5.69 Å². The Balaban J connectivity index is 2.14. The lowest BCUT2D eigenvalue weighted by molar-refractivity contribution is 0.478. The Bertz CT molecular complexity index is 694. The van der Waals surface area contributed by atoms with E-state index >= 15 is 0 Å². The van der Waals surface area contributed by atoms with Crippen LogP contribution in [0.4, 0.5) is 11.4 Å². The van der Waals surface area contributed by atoms with Gasteiger partial charge in [-0.3, -0.25) is 0 Å². The standard InChI is InChI=1S/C13H10ClN3O/c14-13-11(15-9-5-2-1-3-6-9)12-10(18)7-4-8-17(12)16-13/h1-8,15,18H. The minimum absolute atomic E-state index is 0.135. The van der Waals surface area contributed by atoms with Crippen LogP contribution in [-0.2, 0) is 0 Å². The Morgan fingerprint density at radius 2 is 1.89 bits per heavy atom. The van der Waals surface area contributed by atoms with Crippen molar-refractivity contribution in [3.8, 4) is 5.75 Å². The number of fused-ring (bicyclic) bond motifs is 1. The normalized spacial score (nSPS) is 10.7. The van der Waals surface area contributed by atoms with Crippen LogP contribution in [0, 0.1) is 0 Å². The van der Waals surface area contributed by atoms with Crippen molar-refractivity contribution in [2.75, 3.05) is 5.32 Å². The fraction of sp³-hybridized carbons (Fsp3) is 0. The highest BCUT2D eigenvalue weighted by Crippen LogP contribution is 2.34. The van der Waals surface area contributed by atoms with Crippen LogP contribution in [0.2, 0.25) is 5.15 Å². The van der Waals surface area contributed by atoms with E-state index in [1.165, 1.54) is 0 Å². The van der Waals surface area contributed by atoms with Gasteiger partial charge >= 0.3 is 0 Å². The average Bonchev–Trinajstić information content (AvgIpc) is 2.69. The number of para-hydroxylation sites is 1. The third kappa shape index (κ3) is 1.76. The molecule has 0 radical (unpaired) electrons. The molecule has 3 aromatic rings. The molecule has 5 heteroatoms. The number of pyridine rings is 1. The number of halogens is 1. The van der Waals surface area contributed by atoms with E-state index in [1.54, 1.807) is 22.8 Å². The van der Waals surface area contributed by atoms with Crippen molar-refractivity contribution >= 4 is 28.5 Å². The van der Waals surface area contributed by atoms with Crippen molar-refractivity contribution in [3.63, 3.8) is 0 Å². The molecule has 0 fully saturated rings. The maximum Gasteiger partial charge on any atom is 0.175 e. The minimum Gasteiger partial charge on any atom is -0.506 e. The topological polar surface area (TPSA) is 49.6 Å². The van der Waals surface area contributed by atoms with Crippen molar-refractivity contribution < 1.29 is 5.11 Å². The first-order valence-corrected chi connectivity index (χ1v) is 5.81. The second-order valence-corrected chi connectivity index (χ2v) is 4.20. The number of nitrogens with zero attached hydrogens (tertiary/aromatic N) is 2. The fourth-order valence-corrected chi connectivity index (χ4v) is 2.05. The highest BCUT2D eigenvalue weighted by Gasteiger charge is 2.14. The molecule has 0 saturated carbocycles. The second-order valence-electron chi connectivity index (χ2n) is 3.84. The number of rotatable bonds is 2. The molecule has 4 nitrogen and oxygen atoms in total. The van der Waals surface area contributed by atoms with Crippen molar-refractivity contribution in [1.82, 2.24) is 9.61 Å². The minimum atomic E-state index is 0.135. The predicted octanol–water partition coefficient (Wildman–Crippen LogP) is 3.44. The number of aromatic nitrogens is 2. The van der Waals surface area contributed by atoms with E-state index in [9.17, 15) is 5.11 Å². The van der Waals surface area contributed by atoms with Gasteiger partial charge in [-0.2, -0.15) is 5.10 Å². The van der Waals surface area contributed by atoms with Crippen LogP contribution in [0.1, 0.15) is 0 Å². The molecular weight excluding hydrogens is 250 g/mol. The summed E-state index contributed by atoms with van der Waals surface area (Å²) in [6.07, 6.45) is 1.73. The highest BCUT2D eigenvalue weighted by molar-refractivity contribution is 6.33. The molecule has 0 unspecified atom stereocenters. The van der Waals surface area contributed by atoms with Crippen LogP contribution in [0.25, 0.3) is 5.52 Å². The summed E-state index contributed by atoms with van der Waals surface area (Å²) in [5.74, 6) is 0.135. The van der Waals surface area contributed by atoms with Crippen molar-refractivity contribution in [3.05, 3.63) is 53.8 Å². The van der Waals surface area contributed by atoms with Gasteiger partial charge in [0.05, 0.1) is 0 Å². The lowest BCUT2D eigenvalue weighted by atomic mass is 10.3. The molecule has 0 saturated heterocycles. The largest absolute Gasteiger partial charge is 0.506 e. The maximum atomic E-state index is 9.88. The van der Waals surface area contributed by atoms with E-state index in [0.29, 0.717) is 16.4 Å². The zero-order valence-corrected chi connectivity index (χ0v) is 10.1. The van der Waals surface area contributed by atoms with Gasteiger partial charge in [0.2, 0.25) is 0 Å². The van der Waals surface area contributed by atoms with E-state index in [4.69, 9.17) is 11.6 Å². The second kappa shape index (κ2) is 4.23. The van der Waals surface area contributed by atoms with Crippen LogP contribution >= 0.6 is 11.6 Å². The molecule has 0 bridgehead atoms. The summed E-state index contributed by atoms with van der Waals surface area (Å²) in [5.41, 5.74) is 2.05. The van der Waals surface area contributed by atoms with Gasteiger partial charge in [0, 0.05) is 11.9 Å². The number of anilines is 2. The zero-order valence-electron chi connectivity index (χ0n) is 9.34. The van der Waals surface area contributed by atoms with Gasteiger partial charge in [-0.15, -0.1) is 0 Å². The molecule has 0 aliphatic rings. The molecule has 0 aliphatic heterocycles. The summed E-state index contributed by atoms with van der Waals surface area (Å²) in [7, 11) is 0. The van der Waals surface area contributed by atoms with Gasteiger partial charge in [-0.25, -0.2) is 4.52 Å². The third-order valence-electron chi connectivity index (χ3n) is 2.63. The smallest absolute Gasteiger partial charge is 0.175 e. The van der Waals surface area contributed by atoms with Crippen molar-refractivity contribution in [2.45, 2.75) is 0 Å². The molecule has 0 aliphatic carbocycles. The van der Waals surface area contributed by atoms with Gasteiger partial charge in [-0.05, 0) is 24.3 Å². The Labute approximate surface area is 108 Å². The quantitative estimate of drug-likeness (QED) is 0.741. The first kappa shape index (κ1) is 10.9. The highest BCUT2D eigenvalue weighted by atomic mass is 35.5. The average molecular weight is 260 g/mol. The Morgan fingerprint density at radius 1 is 1.11 bits per heavy atom. The Morgan fingerprint density at radius 3 is 2.67 bits per heavy atom. The molecule has 90 valence electrons. The molecule has 0 amide bonds. The number of hydrogen-bond acceptors (Lipinski definition) is 3. The van der Waals surface area contributed by atoms with Crippen molar-refractivity contribution in [1.29, 1.82) is 0 Å². The molecule has 3 rings (SSSR count).